The molecule has 13 atom stereocenters. The fraction of sp³-hybridized carbons (Fsp3) is 0.570. The van der Waals surface area contributed by atoms with Gasteiger partial charge in [-0.1, -0.05) is 81.5 Å². The number of aromatic nitrogens is 4. The summed E-state index contributed by atoms with van der Waals surface area (Å²) >= 11 is 2.53. The van der Waals surface area contributed by atoms with Crippen LogP contribution in [0.3, 0.4) is 0 Å². The van der Waals surface area contributed by atoms with E-state index in [4.69, 9.17) is 29.0 Å². The fourth-order valence-electron chi connectivity index (χ4n) is 20.4. The Labute approximate surface area is 719 Å². The van der Waals surface area contributed by atoms with Crippen molar-refractivity contribution in [3.63, 3.8) is 0 Å². The number of aromatic carboxylic acids is 1. The molecule has 7 fully saturated rings. The second kappa shape index (κ2) is 37.5. The number of rotatable bonds is 38. The third-order valence-electron chi connectivity index (χ3n) is 25.4. The number of carboxylic acid groups (broad SMARTS) is 2. The molecule has 8 aliphatic rings. The molecule has 4 saturated carbocycles. The third-order valence-corrected chi connectivity index (χ3v) is 28.0. The number of hydrogen-bond donors (Lipinski definition) is 10. The average Bonchev–Trinajstić information content (AvgIpc) is 1.18. The number of ketones is 2. The van der Waals surface area contributed by atoms with E-state index in [0.717, 1.165) is 80.7 Å². The fourth-order valence-corrected chi connectivity index (χ4v) is 22.2. The number of pyridine rings is 1. The van der Waals surface area contributed by atoms with Gasteiger partial charge in [0, 0.05) is 80.3 Å². The first-order valence-electron chi connectivity index (χ1n) is 41.5. The zero-order valence-corrected chi connectivity index (χ0v) is 72.2. The predicted octanol–water partition coefficient (Wildman–Crippen LogP) is 5.97. The van der Waals surface area contributed by atoms with Crippen LogP contribution in [0.1, 0.15) is 160 Å². The van der Waals surface area contributed by atoms with E-state index >= 15 is 0 Å². The number of hydrogen-bond acceptors (Lipinski definition) is 27. The van der Waals surface area contributed by atoms with Gasteiger partial charge in [-0.2, -0.15) is 25.3 Å². The molecule has 3 unspecified atom stereocenters. The average molecular weight is 1760 g/mol. The standard InChI is InChI=1S/C86H108N10O24S3/c1-47(2)59(32-56(99)35-94-54(39-117-27-28-123(114,115)116)31-63(77(94)107)96-69(101)33-67(121-7)78(96)108)76(106)88-48(3)64(100)30-50-15-16-53(52(29-50)17-19-65-71(102)72(103)73(104)74(120-65)80(111)112)38-118-82(113)92(24-22-55(98)37-97)25-26-119-86-43-83(5)40-84(6,44-86)42-85(41-83,45-86)46-95-49(4)60(34-87-95)57-18-20-68(90-70(57)79(109)110)93-23-21-51-11-10-12-58(61(51)36-93)75(105)91-81-89-62-13-8-9-14-66(62)122-81/h8-16,18,20,29,34,47-48,54-55,59,63,65,67,71-74,97-98,102-104H,17,19,21-28,30-33,35-46H2,1-7H3,(H,88,106)(H,109,110)(H,111,112)(H,89,91,105)(H,114,115,116)/t48-,54-,55-,59-,63-,65-,67?,71-,72+,73-,74-,83?,84?,85?,86?/m0/s1. The van der Waals surface area contributed by atoms with Crippen LogP contribution in [0.15, 0.2) is 79.0 Å². The molecule has 4 bridgehead atoms. The van der Waals surface area contributed by atoms with Crippen molar-refractivity contribution < 1.29 is 116 Å². The molecular weight excluding hydrogens is 1650 g/mol. The normalized spacial score (nSPS) is 26.3. The number of aliphatic hydroxyl groups is 5. The molecule has 4 aliphatic heterocycles. The van der Waals surface area contributed by atoms with Crippen molar-refractivity contribution in [2.75, 3.05) is 74.8 Å². The summed E-state index contributed by atoms with van der Waals surface area (Å²) in [6.45, 7) is 10.3. The Morgan fingerprint density at radius 1 is 0.854 bits per heavy atom. The highest BCUT2D eigenvalue weighted by molar-refractivity contribution is 8.00. The molecule has 3 aromatic carbocycles. The largest absolute Gasteiger partial charge is 0.479 e. The highest BCUT2D eigenvalue weighted by Gasteiger charge is 2.66. The Morgan fingerprint density at radius 3 is 2.29 bits per heavy atom. The minimum Gasteiger partial charge on any atom is -0.479 e. The number of likely N-dealkylation sites (tertiary alicyclic amines) is 2. The zero-order valence-electron chi connectivity index (χ0n) is 69.7. The molecule has 34 nitrogen and oxygen atoms in total. The van der Waals surface area contributed by atoms with Crippen LogP contribution in [0.2, 0.25) is 0 Å². The van der Waals surface area contributed by atoms with E-state index in [0.29, 0.717) is 76.8 Å². The Hall–Kier alpha value is -9.25. The minimum atomic E-state index is -4.42. The van der Waals surface area contributed by atoms with Crippen LogP contribution in [0, 0.1) is 35.0 Å². The van der Waals surface area contributed by atoms with E-state index in [9.17, 15) is 96.7 Å². The number of carbonyl (C=O) groups excluding carboxylic acids is 8. The first-order valence-corrected chi connectivity index (χ1v) is 45.2. The van der Waals surface area contributed by atoms with E-state index in [1.807, 2.05) is 59.0 Å². The number of benzene rings is 3. The zero-order chi connectivity index (χ0) is 88.5. The summed E-state index contributed by atoms with van der Waals surface area (Å²) in [5, 5.41) is 84.1. The summed E-state index contributed by atoms with van der Waals surface area (Å²) in [6.07, 6.45) is -3.35. The van der Waals surface area contributed by atoms with E-state index in [1.165, 1.54) is 23.2 Å². The van der Waals surface area contributed by atoms with Crippen molar-refractivity contribution >= 4 is 114 Å². The number of thioether (sulfide) groups is 1. The molecule has 0 spiro atoms. The SMILES string of the molecule is CSC1CC(=O)N([C@H]2C[C@@H](COCCS(=O)(=O)O)N(CC(=O)C[C@H](C(=O)N[C@@H](C)C(=O)Cc3ccc(COC(=O)N(CCOC45CC6(C)CC(C)(CC(Cn7ncc(-c8ccc(N9CCc%10cccc(C(=O)Nc%11nc%12ccccc%12s%11)c%10C9)nc8C(=O)O)c7C)(C6)C4)C5)CC[C@H](O)CO)c(CC[C@@H]4O[C@H](C(=O)O)[C@@H](O)[C@H](O)[C@H]4O)c3)C(C)C)C2=O)C1=O. The lowest BCUT2D eigenvalue weighted by Gasteiger charge is -2.69. The first kappa shape index (κ1) is 91.4. The molecular formula is C86H108N10O24S3. The lowest BCUT2D eigenvalue weighted by Crippen LogP contribution is -2.64. The van der Waals surface area contributed by atoms with Crippen molar-refractivity contribution in [1.82, 2.24) is 39.8 Å². The van der Waals surface area contributed by atoms with Gasteiger partial charge in [0.2, 0.25) is 23.6 Å². The van der Waals surface area contributed by atoms with Crippen molar-refractivity contribution in [3.05, 3.63) is 124 Å². The second-order valence-corrected chi connectivity index (χ2v) is 39.0. The maximum absolute atomic E-state index is 14.6. The van der Waals surface area contributed by atoms with Crippen LogP contribution >= 0.6 is 23.1 Å². The Kier molecular flexibility index (Phi) is 27.9. The number of Topliss-reactive ketones (excluding diaryl/α,β-unsaturated/α-hetero) is 2. The number of nitrogens with one attached hydrogen (secondary N) is 2. The Balaban J connectivity index is 0.664. The third kappa shape index (κ3) is 20.7. The number of thiazole rings is 1. The summed E-state index contributed by atoms with van der Waals surface area (Å²) in [5.41, 5.74) is 4.67. The van der Waals surface area contributed by atoms with Crippen molar-refractivity contribution in [1.29, 1.82) is 0 Å². The van der Waals surface area contributed by atoms with Gasteiger partial charge < -0.3 is 74.7 Å². The van der Waals surface area contributed by atoms with E-state index in [1.54, 1.807) is 56.6 Å². The first-order chi connectivity index (χ1) is 58.3. The molecule has 6 aromatic rings. The summed E-state index contributed by atoms with van der Waals surface area (Å²) < 4.78 is 59.4. The highest BCUT2D eigenvalue weighted by atomic mass is 32.2. The molecule has 4 aliphatic carbocycles. The monoisotopic (exact) mass is 1760 g/mol. The molecule has 3 saturated heterocycles. The number of amides is 6. The number of carbonyl (C=O) groups is 10. The molecule has 7 heterocycles. The van der Waals surface area contributed by atoms with Gasteiger partial charge in [-0.25, -0.2) is 24.4 Å². The lowest BCUT2D eigenvalue weighted by atomic mass is 9.39. The number of fused-ring (bicyclic) bond motifs is 2. The van der Waals surface area contributed by atoms with E-state index < -0.39 is 179 Å². The van der Waals surface area contributed by atoms with Gasteiger partial charge in [0.1, 0.15) is 36.8 Å². The number of aliphatic carboxylic acids is 1. The van der Waals surface area contributed by atoms with Crippen molar-refractivity contribution in [2.45, 2.75) is 217 Å². The van der Waals surface area contributed by atoms with Crippen molar-refractivity contribution in [2.24, 2.45) is 28.1 Å². The number of anilines is 2. The Bertz CT molecular complexity index is 5110. The van der Waals surface area contributed by atoms with Gasteiger partial charge in [0.25, 0.3) is 16.0 Å². The molecule has 6 amide bonds. The van der Waals surface area contributed by atoms with Gasteiger partial charge in [0.15, 0.2) is 28.5 Å². The molecule has 37 heteroatoms. The van der Waals surface area contributed by atoms with Gasteiger partial charge in [-0.15, -0.1) is 0 Å². The smallest absolute Gasteiger partial charge is 0.410 e. The molecule has 14 rings (SSSR count). The molecule has 10 N–H and O–H groups in total. The highest BCUT2D eigenvalue weighted by Crippen LogP contribution is 2.72. The maximum atomic E-state index is 14.6. The molecule has 3 aromatic heterocycles. The number of para-hydroxylation sites is 1. The van der Waals surface area contributed by atoms with Gasteiger partial charge in [-0.05, 0) is 171 Å². The van der Waals surface area contributed by atoms with Crippen LogP contribution < -0.4 is 15.5 Å². The maximum Gasteiger partial charge on any atom is 0.410 e. The number of nitrogens with zero attached hydrogens (tertiary/aromatic N) is 8. The van der Waals surface area contributed by atoms with Gasteiger partial charge >= 0.3 is 18.0 Å². The molecule has 664 valence electrons. The molecule has 0 radical (unpaired) electrons. The van der Waals surface area contributed by atoms with Crippen LogP contribution in [0.25, 0.3) is 21.3 Å². The van der Waals surface area contributed by atoms with Gasteiger partial charge in [0.05, 0.1) is 90.3 Å². The van der Waals surface area contributed by atoms with Crippen LogP contribution in [0.5, 0.6) is 0 Å². The summed E-state index contributed by atoms with van der Waals surface area (Å²) in [6, 6.07) is 18.3. The summed E-state index contributed by atoms with van der Waals surface area (Å²) in [5.74, 6) is -8.61. The summed E-state index contributed by atoms with van der Waals surface area (Å²) in [4.78, 5) is 152. The van der Waals surface area contributed by atoms with E-state index in [2.05, 4.69) is 29.5 Å². The lowest BCUT2D eigenvalue weighted by molar-refractivity contribution is -0.248. The number of carboxylic acids is 2. The van der Waals surface area contributed by atoms with Crippen molar-refractivity contribution in [3.8, 4) is 11.1 Å². The van der Waals surface area contributed by atoms with Crippen LogP contribution in [-0.2, 0) is 102 Å². The Morgan fingerprint density at radius 2 is 1.60 bits per heavy atom. The number of imide groups is 1. The van der Waals surface area contributed by atoms with Crippen LogP contribution in [-0.4, -0.2) is 273 Å². The molecule has 123 heavy (non-hydrogen) atoms. The number of aliphatic hydroxyl groups excluding tert-OH is 5. The topological polar surface area (TPSA) is 484 Å². The van der Waals surface area contributed by atoms with Crippen LogP contribution in [0.4, 0.5) is 15.7 Å². The summed E-state index contributed by atoms with van der Waals surface area (Å²) in [7, 11) is -4.42. The minimum absolute atomic E-state index is 0.00456. The second-order valence-electron chi connectivity index (χ2n) is 35.4. The quantitative estimate of drug-likeness (QED) is 0.0121. The van der Waals surface area contributed by atoms with Gasteiger partial charge in [-0.3, -0.25) is 53.0 Å². The number of ether oxygens (including phenoxy) is 4. The number of aryl methyl sites for hydroxylation is 1. The predicted molar refractivity (Wildman–Crippen MR) is 449 cm³/mol. The van der Waals surface area contributed by atoms with E-state index in [-0.39, 0.29) is 92.7 Å².